The lowest BCUT2D eigenvalue weighted by molar-refractivity contribution is -0.137. The molecule has 0 bridgehead atoms. The third-order valence-corrected chi connectivity index (χ3v) is 5.83. The Bertz CT molecular complexity index is 741. The molecule has 0 radical (unpaired) electrons. The van der Waals surface area contributed by atoms with E-state index in [1.807, 2.05) is 27.7 Å². The maximum Gasteiger partial charge on any atom is 0.491 e. The van der Waals surface area contributed by atoms with Crippen molar-refractivity contribution in [1.82, 2.24) is 0 Å². The highest BCUT2D eigenvalue weighted by atomic mass is 32.2. The fourth-order valence-corrected chi connectivity index (χ4v) is 3.12. The molecule has 0 aromatic heterocycles. The van der Waals surface area contributed by atoms with Crippen LogP contribution in [0.1, 0.15) is 51.3 Å². The Labute approximate surface area is 162 Å². The SMILES string of the molecule is CC(=O)SCC(=Cc1cc(C(F)(F)F)ccc1C)B1OC(C)(C)C(C)(C)O1. The van der Waals surface area contributed by atoms with Gasteiger partial charge in [0.15, 0.2) is 5.12 Å². The lowest BCUT2D eigenvalue weighted by Gasteiger charge is -2.32. The van der Waals surface area contributed by atoms with Crippen LogP contribution in [-0.2, 0) is 20.3 Å². The van der Waals surface area contributed by atoms with Crippen molar-refractivity contribution in [1.29, 1.82) is 0 Å². The van der Waals surface area contributed by atoms with Gasteiger partial charge in [0.05, 0.1) is 16.8 Å². The summed E-state index contributed by atoms with van der Waals surface area (Å²) in [6.45, 7) is 10.8. The predicted octanol–water partition coefficient (Wildman–Crippen LogP) is 5.31. The summed E-state index contributed by atoms with van der Waals surface area (Å²) in [5, 5.41) is -0.0850. The van der Waals surface area contributed by atoms with Crippen molar-refractivity contribution in [3.63, 3.8) is 0 Å². The monoisotopic (exact) mass is 400 g/mol. The van der Waals surface area contributed by atoms with Crippen molar-refractivity contribution >= 4 is 30.1 Å². The summed E-state index contributed by atoms with van der Waals surface area (Å²) in [6, 6.07) is 3.61. The molecule has 27 heavy (non-hydrogen) atoms. The number of hydrogen-bond acceptors (Lipinski definition) is 4. The van der Waals surface area contributed by atoms with Crippen molar-refractivity contribution in [3.8, 4) is 0 Å². The van der Waals surface area contributed by atoms with Crippen LogP contribution in [0.2, 0.25) is 0 Å². The van der Waals surface area contributed by atoms with Crippen LogP contribution in [0.5, 0.6) is 0 Å². The normalized spacial score (nSPS) is 19.4. The molecule has 1 heterocycles. The highest BCUT2D eigenvalue weighted by molar-refractivity contribution is 8.13. The molecule has 0 unspecified atom stereocenters. The number of thioether (sulfide) groups is 1. The molecule has 0 saturated carbocycles. The summed E-state index contributed by atoms with van der Waals surface area (Å²) in [4.78, 5) is 11.4. The molecule has 1 fully saturated rings. The number of hydrogen-bond donors (Lipinski definition) is 0. The Morgan fingerprint density at radius 3 is 2.22 bits per heavy atom. The lowest BCUT2D eigenvalue weighted by atomic mass is 9.78. The Morgan fingerprint density at radius 2 is 1.74 bits per heavy atom. The number of carbonyl (C=O) groups excluding carboxylic acids is 1. The maximum atomic E-state index is 13.1. The first-order valence-electron chi connectivity index (χ1n) is 8.60. The Balaban J connectivity index is 2.45. The van der Waals surface area contributed by atoms with Gasteiger partial charge in [-0.05, 0) is 63.4 Å². The number of rotatable bonds is 4. The molecule has 148 valence electrons. The molecule has 1 saturated heterocycles. The largest absolute Gasteiger partial charge is 0.491 e. The van der Waals surface area contributed by atoms with E-state index in [-0.39, 0.29) is 10.9 Å². The molecule has 1 aromatic carbocycles. The van der Waals surface area contributed by atoms with Gasteiger partial charge in [-0.3, -0.25) is 4.79 Å². The van der Waals surface area contributed by atoms with Crippen molar-refractivity contribution in [2.75, 3.05) is 5.75 Å². The third-order valence-electron chi connectivity index (χ3n) is 4.95. The molecule has 0 aliphatic carbocycles. The number of alkyl halides is 3. The number of halogens is 3. The van der Waals surface area contributed by atoms with Crippen LogP contribution in [0.3, 0.4) is 0 Å². The summed E-state index contributed by atoms with van der Waals surface area (Å²) in [5.41, 5.74) is -0.132. The second-order valence-electron chi connectivity index (χ2n) is 7.66. The van der Waals surface area contributed by atoms with Gasteiger partial charge in [0.1, 0.15) is 0 Å². The lowest BCUT2D eigenvalue weighted by Crippen LogP contribution is -2.41. The molecular weight excluding hydrogens is 376 g/mol. The zero-order valence-corrected chi connectivity index (χ0v) is 17.2. The minimum Gasteiger partial charge on any atom is -0.400 e. The summed E-state index contributed by atoms with van der Waals surface area (Å²) >= 11 is 1.07. The van der Waals surface area contributed by atoms with E-state index >= 15 is 0 Å². The van der Waals surface area contributed by atoms with Gasteiger partial charge in [-0.2, -0.15) is 13.2 Å². The fourth-order valence-electron chi connectivity index (χ4n) is 2.53. The number of aryl methyl sites for hydroxylation is 1. The Kier molecular flexibility index (Phi) is 6.24. The molecule has 0 amide bonds. The van der Waals surface area contributed by atoms with E-state index in [0.29, 0.717) is 16.6 Å². The molecule has 1 aliphatic heterocycles. The van der Waals surface area contributed by atoms with Gasteiger partial charge in [-0.1, -0.05) is 23.9 Å². The molecule has 0 atom stereocenters. The molecular formula is C19H24BF3O3S. The first kappa shape index (κ1) is 22.0. The summed E-state index contributed by atoms with van der Waals surface area (Å²) in [7, 11) is -0.726. The molecule has 3 nitrogen and oxygen atoms in total. The van der Waals surface area contributed by atoms with E-state index in [0.717, 1.165) is 23.9 Å². The zero-order chi connectivity index (χ0) is 20.6. The summed E-state index contributed by atoms with van der Waals surface area (Å²) in [6.07, 6.45) is -2.78. The van der Waals surface area contributed by atoms with Crippen molar-refractivity contribution in [3.05, 3.63) is 40.4 Å². The van der Waals surface area contributed by atoms with Crippen molar-refractivity contribution in [2.24, 2.45) is 0 Å². The summed E-state index contributed by atoms with van der Waals surface area (Å²) < 4.78 is 51.3. The smallest absolute Gasteiger partial charge is 0.400 e. The van der Waals surface area contributed by atoms with E-state index in [4.69, 9.17) is 9.31 Å². The van der Waals surface area contributed by atoms with E-state index in [2.05, 4.69) is 0 Å². The Hall–Kier alpha value is -1.25. The number of carbonyl (C=O) groups is 1. The minimum atomic E-state index is -4.42. The van der Waals surface area contributed by atoms with E-state index in [1.165, 1.54) is 13.0 Å². The molecule has 0 N–H and O–H groups in total. The highest BCUT2D eigenvalue weighted by Crippen LogP contribution is 2.40. The van der Waals surface area contributed by atoms with Gasteiger partial charge < -0.3 is 9.31 Å². The van der Waals surface area contributed by atoms with Gasteiger partial charge in [-0.15, -0.1) is 0 Å². The fraction of sp³-hybridized carbons (Fsp3) is 0.526. The molecule has 2 rings (SSSR count). The zero-order valence-electron chi connectivity index (χ0n) is 16.4. The quantitative estimate of drug-likeness (QED) is 0.642. The summed E-state index contributed by atoms with van der Waals surface area (Å²) in [5.74, 6) is 0.280. The van der Waals surface area contributed by atoms with Crippen LogP contribution < -0.4 is 0 Å². The van der Waals surface area contributed by atoms with Crippen molar-refractivity contribution < 1.29 is 27.3 Å². The van der Waals surface area contributed by atoms with Gasteiger partial charge in [0, 0.05) is 12.7 Å². The van der Waals surface area contributed by atoms with E-state index in [9.17, 15) is 18.0 Å². The van der Waals surface area contributed by atoms with Gasteiger partial charge in [0.2, 0.25) is 0 Å². The molecule has 1 aromatic rings. The minimum absolute atomic E-state index is 0.0850. The first-order chi connectivity index (χ1) is 12.2. The van der Waals surface area contributed by atoms with E-state index in [1.54, 1.807) is 13.0 Å². The highest BCUT2D eigenvalue weighted by Gasteiger charge is 2.52. The van der Waals surface area contributed by atoms with Gasteiger partial charge in [0.25, 0.3) is 0 Å². The molecule has 0 spiro atoms. The van der Waals surface area contributed by atoms with Crippen molar-refractivity contribution in [2.45, 2.75) is 58.9 Å². The second-order valence-corrected chi connectivity index (χ2v) is 8.81. The van der Waals surface area contributed by atoms with Crippen LogP contribution >= 0.6 is 11.8 Å². The van der Waals surface area contributed by atoms with Crippen LogP contribution in [0.15, 0.2) is 23.7 Å². The molecule has 1 aliphatic rings. The van der Waals surface area contributed by atoms with Gasteiger partial charge in [-0.25, -0.2) is 0 Å². The van der Waals surface area contributed by atoms with Gasteiger partial charge >= 0.3 is 13.3 Å². The molecule has 8 heteroatoms. The Morgan fingerprint density at radius 1 is 1.19 bits per heavy atom. The maximum absolute atomic E-state index is 13.1. The average Bonchev–Trinajstić information content (AvgIpc) is 2.72. The second kappa shape index (κ2) is 7.64. The third kappa shape index (κ3) is 5.18. The average molecular weight is 400 g/mol. The van der Waals surface area contributed by atoms with Crippen LogP contribution in [0.4, 0.5) is 13.2 Å². The van der Waals surface area contributed by atoms with E-state index < -0.39 is 30.1 Å². The predicted molar refractivity (Wildman–Crippen MR) is 103 cm³/mol. The van der Waals surface area contributed by atoms with Crippen LogP contribution in [0, 0.1) is 6.92 Å². The van der Waals surface area contributed by atoms with Crippen LogP contribution in [-0.4, -0.2) is 29.2 Å². The van der Waals surface area contributed by atoms with Crippen LogP contribution in [0.25, 0.3) is 6.08 Å². The number of benzene rings is 1. The standard InChI is InChI=1S/C19H24BF3O3S/c1-12-7-8-15(19(21,22)23)9-14(12)10-16(11-27-13(2)24)20-25-17(3,4)18(5,6)26-20/h7-10H,11H2,1-6H3. The first-order valence-corrected chi connectivity index (χ1v) is 9.59. The topological polar surface area (TPSA) is 35.5 Å².